The molecule has 3 heteroatoms. The topological polar surface area (TPSA) is 24.9 Å². The summed E-state index contributed by atoms with van der Waals surface area (Å²) in [5, 5.41) is 4.96. The monoisotopic (exact) mass is 252 g/mol. The Morgan fingerprint density at radius 2 is 2.12 bits per heavy atom. The van der Waals surface area contributed by atoms with Gasteiger partial charge in [-0.1, -0.05) is 27.7 Å². The zero-order valence-electron chi connectivity index (χ0n) is 11.5. The van der Waals surface area contributed by atoms with Crippen LogP contribution in [-0.2, 0) is 12.8 Å². The smallest absolute Gasteiger partial charge is 0.111 e. The van der Waals surface area contributed by atoms with Gasteiger partial charge in [-0.3, -0.25) is 0 Å². The van der Waals surface area contributed by atoms with Gasteiger partial charge in [0.05, 0.1) is 11.7 Å². The van der Waals surface area contributed by atoms with Gasteiger partial charge in [0.15, 0.2) is 0 Å². The van der Waals surface area contributed by atoms with Gasteiger partial charge in [-0.25, -0.2) is 4.98 Å². The average molecular weight is 252 g/mol. The summed E-state index contributed by atoms with van der Waals surface area (Å²) in [5.74, 6) is 0. The van der Waals surface area contributed by atoms with Crippen LogP contribution in [0, 0.1) is 5.41 Å². The summed E-state index contributed by atoms with van der Waals surface area (Å²) in [4.78, 5) is 6.40. The highest BCUT2D eigenvalue weighted by Gasteiger charge is 2.30. The van der Waals surface area contributed by atoms with E-state index in [1.54, 1.807) is 0 Å². The van der Waals surface area contributed by atoms with E-state index in [0.717, 1.165) is 6.54 Å². The molecule has 2 rings (SSSR count). The number of rotatable bonds is 4. The Bertz CT molecular complexity index is 355. The van der Waals surface area contributed by atoms with Crippen LogP contribution in [0.2, 0.25) is 0 Å². The van der Waals surface area contributed by atoms with Gasteiger partial charge in [0.2, 0.25) is 0 Å². The number of fused-ring (bicyclic) bond motifs is 1. The van der Waals surface area contributed by atoms with Crippen molar-refractivity contribution in [1.29, 1.82) is 0 Å². The molecular weight excluding hydrogens is 228 g/mol. The van der Waals surface area contributed by atoms with Crippen molar-refractivity contribution in [1.82, 2.24) is 10.3 Å². The number of nitrogens with one attached hydrogen (secondary N) is 1. The molecule has 1 aromatic rings. The maximum atomic E-state index is 4.87. The molecule has 17 heavy (non-hydrogen) atoms. The highest BCUT2D eigenvalue weighted by atomic mass is 32.1. The molecule has 0 aromatic carbocycles. The molecule has 1 heterocycles. The molecule has 0 aliphatic heterocycles. The zero-order valence-corrected chi connectivity index (χ0v) is 12.3. The lowest BCUT2D eigenvalue weighted by atomic mass is 9.87. The van der Waals surface area contributed by atoms with Gasteiger partial charge in [-0.15, -0.1) is 11.3 Å². The zero-order chi connectivity index (χ0) is 12.5. The third-order valence-electron chi connectivity index (χ3n) is 3.32. The fourth-order valence-electron chi connectivity index (χ4n) is 2.39. The van der Waals surface area contributed by atoms with Crippen LogP contribution in [0.4, 0.5) is 0 Å². The first-order valence-corrected chi connectivity index (χ1v) is 7.56. The van der Waals surface area contributed by atoms with E-state index in [1.807, 2.05) is 11.3 Å². The number of thiazole rings is 1. The first kappa shape index (κ1) is 13.0. The Balaban J connectivity index is 2.19. The van der Waals surface area contributed by atoms with E-state index in [-0.39, 0.29) is 5.41 Å². The van der Waals surface area contributed by atoms with E-state index in [2.05, 4.69) is 33.0 Å². The van der Waals surface area contributed by atoms with E-state index in [9.17, 15) is 0 Å². The van der Waals surface area contributed by atoms with Crippen molar-refractivity contribution in [2.75, 3.05) is 6.54 Å². The number of aromatic nitrogens is 1. The van der Waals surface area contributed by atoms with E-state index >= 15 is 0 Å². The van der Waals surface area contributed by atoms with E-state index in [4.69, 9.17) is 4.98 Å². The lowest BCUT2D eigenvalue weighted by Gasteiger charge is -2.30. The summed E-state index contributed by atoms with van der Waals surface area (Å²) in [6, 6.07) is 0.401. The molecule has 0 bridgehead atoms. The fraction of sp³-hybridized carbons (Fsp3) is 0.786. The van der Waals surface area contributed by atoms with Crippen LogP contribution >= 0.6 is 11.3 Å². The Kier molecular flexibility index (Phi) is 3.88. The van der Waals surface area contributed by atoms with Crippen LogP contribution in [0.25, 0.3) is 0 Å². The van der Waals surface area contributed by atoms with Gasteiger partial charge in [0.1, 0.15) is 5.01 Å². The van der Waals surface area contributed by atoms with E-state index in [0.29, 0.717) is 6.04 Å². The standard InChI is InChI=1S/C14H24N2S/c1-5-9-15-12(14(2,3)4)13-16-10-7-6-8-11(10)17-13/h12,15H,5-9H2,1-4H3. The molecule has 2 nitrogen and oxygen atoms in total. The molecule has 0 saturated carbocycles. The molecule has 1 aliphatic carbocycles. The second-order valence-corrected chi connectivity index (χ2v) is 7.14. The van der Waals surface area contributed by atoms with Crippen LogP contribution in [-0.4, -0.2) is 11.5 Å². The molecule has 1 aliphatic rings. The van der Waals surface area contributed by atoms with Gasteiger partial charge < -0.3 is 5.32 Å². The van der Waals surface area contributed by atoms with Crippen LogP contribution in [0.3, 0.4) is 0 Å². The number of aryl methyl sites for hydroxylation is 2. The van der Waals surface area contributed by atoms with Crippen molar-refractivity contribution in [2.24, 2.45) is 5.41 Å². The highest BCUT2D eigenvalue weighted by molar-refractivity contribution is 7.11. The van der Waals surface area contributed by atoms with Gasteiger partial charge >= 0.3 is 0 Å². The highest BCUT2D eigenvalue weighted by Crippen LogP contribution is 2.38. The number of hydrogen-bond donors (Lipinski definition) is 1. The van der Waals surface area contributed by atoms with Gasteiger partial charge in [0.25, 0.3) is 0 Å². The summed E-state index contributed by atoms with van der Waals surface area (Å²) < 4.78 is 0. The molecule has 0 radical (unpaired) electrons. The molecule has 0 saturated heterocycles. The molecule has 96 valence electrons. The minimum absolute atomic E-state index is 0.237. The van der Waals surface area contributed by atoms with Crippen LogP contribution in [0.1, 0.15) is 62.2 Å². The van der Waals surface area contributed by atoms with Crippen LogP contribution in [0.5, 0.6) is 0 Å². The molecule has 1 aromatic heterocycles. The van der Waals surface area contributed by atoms with Crippen LogP contribution in [0.15, 0.2) is 0 Å². The van der Waals surface area contributed by atoms with Crippen molar-refractivity contribution in [3.05, 3.63) is 15.6 Å². The largest absolute Gasteiger partial charge is 0.308 e. The van der Waals surface area contributed by atoms with Gasteiger partial charge in [0, 0.05) is 4.88 Å². The molecule has 0 fully saturated rings. The van der Waals surface area contributed by atoms with Crippen molar-refractivity contribution < 1.29 is 0 Å². The van der Waals surface area contributed by atoms with Crippen LogP contribution < -0.4 is 5.32 Å². The normalized spacial score (nSPS) is 17.2. The summed E-state index contributed by atoms with van der Waals surface area (Å²) in [6.45, 7) is 10.2. The Morgan fingerprint density at radius 3 is 2.71 bits per heavy atom. The van der Waals surface area contributed by atoms with Crippen molar-refractivity contribution in [2.45, 2.75) is 59.4 Å². The second-order valence-electron chi connectivity index (χ2n) is 6.03. The van der Waals surface area contributed by atoms with E-state index in [1.165, 1.54) is 41.3 Å². The first-order valence-electron chi connectivity index (χ1n) is 6.74. The average Bonchev–Trinajstić information content (AvgIpc) is 2.76. The third-order valence-corrected chi connectivity index (χ3v) is 4.55. The van der Waals surface area contributed by atoms with Gasteiger partial charge in [-0.05, 0) is 37.6 Å². The maximum Gasteiger partial charge on any atom is 0.111 e. The number of nitrogens with zero attached hydrogens (tertiary/aromatic N) is 1. The summed E-state index contributed by atoms with van der Waals surface area (Å²) in [5.41, 5.74) is 1.61. The van der Waals surface area contributed by atoms with Gasteiger partial charge in [-0.2, -0.15) is 0 Å². The van der Waals surface area contributed by atoms with Crippen molar-refractivity contribution in [3.63, 3.8) is 0 Å². The molecule has 1 N–H and O–H groups in total. The summed E-state index contributed by atoms with van der Waals surface area (Å²) >= 11 is 1.93. The van der Waals surface area contributed by atoms with Crippen molar-refractivity contribution in [3.8, 4) is 0 Å². The molecular formula is C14H24N2S. The fourth-order valence-corrected chi connectivity index (χ4v) is 3.86. The summed E-state index contributed by atoms with van der Waals surface area (Å²) in [7, 11) is 0. The lowest BCUT2D eigenvalue weighted by molar-refractivity contribution is 0.272. The SMILES string of the molecule is CCCNC(c1nc2c(s1)CCC2)C(C)(C)C. The molecule has 1 unspecified atom stereocenters. The molecule has 1 atom stereocenters. The lowest BCUT2D eigenvalue weighted by Crippen LogP contribution is -2.32. The van der Waals surface area contributed by atoms with E-state index < -0.39 is 0 Å². The second kappa shape index (κ2) is 5.07. The Morgan fingerprint density at radius 1 is 1.35 bits per heavy atom. The Hall–Kier alpha value is -0.410. The predicted octanol–water partition coefficient (Wildman–Crippen LogP) is 3.72. The Labute approximate surface area is 109 Å². The predicted molar refractivity (Wildman–Crippen MR) is 74.6 cm³/mol. The third kappa shape index (κ3) is 2.89. The first-order chi connectivity index (χ1) is 8.02. The summed E-state index contributed by atoms with van der Waals surface area (Å²) in [6.07, 6.45) is 4.92. The quantitative estimate of drug-likeness (QED) is 0.883. The number of hydrogen-bond acceptors (Lipinski definition) is 3. The minimum atomic E-state index is 0.237. The van der Waals surface area contributed by atoms with Crippen molar-refractivity contribution >= 4 is 11.3 Å². The molecule has 0 amide bonds. The minimum Gasteiger partial charge on any atom is -0.308 e. The molecule has 0 spiro atoms. The maximum absolute atomic E-state index is 4.87.